The molecule has 4 aliphatic heterocycles. The molecular formula is C44H52N4O+2. The molecule has 0 bridgehead atoms. The van der Waals surface area contributed by atoms with Gasteiger partial charge in [-0.1, -0.05) is 97.0 Å². The van der Waals surface area contributed by atoms with Crippen LogP contribution in [0.1, 0.15) is 116 Å². The highest BCUT2D eigenvalue weighted by atomic mass is 16.5. The van der Waals surface area contributed by atoms with Crippen LogP contribution in [0.15, 0.2) is 77.4 Å². The van der Waals surface area contributed by atoms with Crippen molar-refractivity contribution in [2.75, 3.05) is 0 Å². The summed E-state index contributed by atoms with van der Waals surface area (Å²) in [5.74, 6) is 1.01. The molecule has 4 aromatic rings. The standard InChI is InChI=1S/C44H52N4O/c1-25(2)30-22-46(27(5)6)44(47(23-30)28(7)8)39-33-19-15-14-18-32(33)36(43(9,10)11)21-35(39)40-38-37-31-17-13-12-16-29(31)20-34(26(3)4)41(37)49-42(38)45-24-48(40)44/h12-28,38,42H,1-11H3/q+2. The molecule has 8 rings (SSSR count). The van der Waals surface area contributed by atoms with Gasteiger partial charge in [-0.25, -0.2) is 0 Å². The second kappa shape index (κ2) is 10.9. The fourth-order valence-electron chi connectivity index (χ4n) is 9.03. The molecule has 0 saturated carbocycles. The highest BCUT2D eigenvalue weighted by molar-refractivity contribution is 6.13. The summed E-state index contributed by atoms with van der Waals surface area (Å²) in [7, 11) is 0. The molecule has 5 nitrogen and oxygen atoms in total. The van der Waals surface area contributed by atoms with Crippen LogP contribution < -0.4 is 4.74 Å². The third-order valence-electron chi connectivity index (χ3n) is 11.3. The zero-order chi connectivity index (χ0) is 34.7. The molecule has 1 spiro atoms. The van der Waals surface area contributed by atoms with E-state index in [2.05, 4.69) is 170 Å². The second-order valence-electron chi connectivity index (χ2n) is 16.8. The van der Waals surface area contributed by atoms with Crippen molar-refractivity contribution in [1.82, 2.24) is 4.90 Å². The van der Waals surface area contributed by atoms with Crippen molar-refractivity contribution in [3.8, 4) is 5.75 Å². The van der Waals surface area contributed by atoms with Gasteiger partial charge in [0.2, 0.25) is 0 Å². The van der Waals surface area contributed by atoms with E-state index in [0.29, 0.717) is 11.8 Å². The van der Waals surface area contributed by atoms with E-state index in [4.69, 9.17) is 9.73 Å². The summed E-state index contributed by atoms with van der Waals surface area (Å²) in [6.07, 6.45) is 6.68. The molecule has 0 fully saturated rings. The van der Waals surface area contributed by atoms with Crippen molar-refractivity contribution in [2.24, 2.45) is 10.9 Å². The molecule has 3 atom stereocenters. The Morgan fingerprint density at radius 1 is 0.837 bits per heavy atom. The first-order valence-electron chi connectivity index (χ1n) is 18.4. The number of ether oxygens (including phenoxy) is 1. The molecule has 0 N–H and O–H groups in total. The molecule has 0 amide bonds. The topological polar surface area (TPSA) is 30.9 Å². The molecule has 0 radical (unpaired) electrons. The van der Waals surface area contributed by atoms with E-state index in [1.165, 1.54) is 60.6 Å². The fraction of sp³-hybridized carbons (Fsp3) is 0.432. The SMILES string of the molecule is CC(C)C1=CN(C(C)C)C2(c3c(cc(C(C)(C)C)c4ccccc34)C3=[N+]2C=NC2Oc4c(C(C)C)cc5ccccc5c4C32)[N+](C(C)C)=C1. The minimum absolute atomic E-state index is 0.0571. The number of nitrogens with zero attached hydrogens (tertiary/aromatic N) is 4. The summed E-state index contributed by atoms with van der Waals surface area (Å²) in [5, 5.41) is 5.16. The molecule has 4 aromatic carbocycles. The zero-order valence-corrected chi connectivity index (χ0v) is 31.2. The van der Waals surface area contributed by atoms with Crippen molar-refractivity contribution in [3.63, 3.8) is 0 Å². The summed E-state index contributed by atoms with van der Waals surface area (Å²) in [6, 6.07) is 23.3. The van der Waals surface area contributed by atoms with Crippen LogP contribution in [0.3, 0.4) is 0 Å². The number of aliphatic imine (C=N–C) groups is 1. The Morgan fingerprint density at radius 3 is 2.14 bits per heavy atom. The van der Waals surface area contributed by atoms with Gasteiger partial charge in [-0.3, -0.25) is 4.90 Å². The lowest BCUT2D eigenvalue weighted by Gasteiger charge is -2.43. The number of hydrogen-bond donors (Lipinski definition) is 0. The van der Waals surface area contributed by atoms with Gasteiger partial charge < -0.3 is 4.74 Å². The Kier molecular flexibility index (Phi) is 7.10. The van der Waals surface area contributed by atoms with Crippen LogP contribution in [0.2, 0.25) is 0 Å². The van der Waals surface area contributed by atoms with Crippen molar-refractivity contribution in [2.45, 2.75) is 118 Å². The molecule has 3 unspecified atom stereocenters. The predicted octanol–water partition coefficient (Wildman–Crippen LogP) is 9.64. The van der Waals surface area contributed by atoms with Gasteiger partial charge in [0, 0.05) is 28.9 Å². The van der Waals surface area contributed by atoms with Crippen LogP contribution in [0.4, 0.5) is 0 Å². The van der Waals surface area contributed by atoms with Gasteiger partial charge in [0.05, 0.1) is 0 Å². The van der Waals surface area contributed by atoms with E-state index in [-0.39, 0.29) is 29.6 Å². The minimum Gasteiger partial charge on any atom is -0.447 e. The van der Waals surface area contributed by atoms with Crippen LogP contribution >= 0.6 is 0 Å². The average Bonchev–Trinajstić information content (AvgIpc) is 3.58. The summed E-state index contributed by atoms with van der Waals surface area (Å²) in [6.45, 7) is 25.6. The van der Waals surface area contributed by atoms with Crippen LogP contribution in [-0.4, -0.2) is 50.6 Å². The van der Waals surface area contributed by atoms with Gasteiger partial charge in [0.25, 0.3) is 12.6 Å². The number of fused-ring (bicyclic) bond motifs is 12. The van der Waals surface area contributed by atoms with Crippen molar-refractivity contribution in [3.05, 3.63) is 100 Å². The van der Waals surface area contributed by atoms with E-state index in [0.717, 1.165) is 5.75 Å². The molecule has 5 heteroatoms. The molecule has 0 aromatic heterocycles. The summed E-state index contributed by atoms with van der Waals surface area (Å²) in [4.78, 5) is 7.98. The van der Waals surface area contributed by atoms with Crippen molar-refractivity contribution in [1.29, 1.82) is 0 Å². The Balaban J connectivity index is 1.57. The molecule has 4 aliphatic rings. The molecule has 49 heavy (non-hydrogen) atoms. The summed E-state index contributed by atoms with van der Waals surface area (Å²) in [5.41, 5.74) is 9.14. The predicted molar refractivity (Wildman–Crippen MR) is 204 cm³/mol. The van der Waals surface area contributed by atoms with Gasteiger partial charge in [0.1, 0.15) is 22.9 Å². The molecule has 0 aliphatic carbocycles. The first kappa shape index (κ1) is 32.0. The van der Waals surface area contributed by atoms with E-state index < -0.39 is 5.79 Å². The Morgan fingerprint density at radius 2 is 1.51 bits per heavy atom. The maximum absolute atomic E-state index is 7.00. The monoisotopic (exact) mass is 652 g/mol. The Bertz CT molecular complexity index is 2170. The van der Waals surface area contributed by atoms with Gasteiger partial charge >= 0.3 is 5.79 Å². The van der Waals surface area contributed by atoms with Gasteiger partial charge in [-0.05, 0) is 94.7 Å². The maximum Gasteiger partial charge on any atom is 0.417 e. The lowest BCUT2D eigenvalue weighted by atomic mass is 9.77. The Hall–Kier alpha value is -4.25. The van der Waals surface area contributed by atoms with E-state index >= 15 is 0 Å². The van der Waals surface area contributed by atoms with Crippen molar-refractivity contribution < 1.29 is 13.9 Å². The Labute approximate surface area is 292 Å². The number of benzene rings is 4. The first-order chi connectivity index (χ1) is 23.3. The van der Waals surface area contributed by atoms with Gasteiger partial charge in [-0.2, -0.15) is 4.58 Å². The first-order valence-corrected chi connectivity index (χ1v) is 18.4. The molecular weight excluding hydrogens is 601 g/mol. The average molecular weight is 653 g/mol. The minimum atomic E-state index is -0.663. The zero-order valence-electron chi connectivity index (χ0n) is 31.2. The third-order valence-corrected chi connectivity index (χ3v) is 11.3. The smallest absolute Gasteiger partial charge is 0.417 e. The molecule has 252 valence electrons. The van der Waals surface area contributed by atoms with Crippen LogP contribution in [0.5, 0.6) is 5.75 Å². The maximum atomic E-state index is 7.00. The number of hydrogen-bond acceptors (Lipinski definition) is 3. The second-order valence-corrected chi connectivity index (χ2v) is 16.8. The van der Waals surface area contributed by atoms with Crippen LogP contribution in [-0.2, 0) is 11.2 Å². The van der Waals surface area contributed by atoms with Gasteiger partial charge in [-0.15, -0.1) is 4.58 Å². The van der Waals surface area contributed by atoms with E-state index in [1.54, 1.807) is 0 Å². The van der Waals surface area contributed by atoms with Crippen molar-refractivity contribution >= 4 is 39.8 Å². The number of allylic oxidation sites excluding steroid dienone is 1. The van der Waals surface area contributed by atoms with E-state index in [1.807, 2.05) is 0 Å². The normalized spacial score (nSPS) is 22.8. The highest BCUT2D eigenvalue weighted by Crippen LogP contribution is 2.55. The lowest BCUT2D eigenvalue weighted by Crippen LogP contribution is -2.64. The lowest BCUT2D eigenvalue weighted by molar-refractivity contribution is -0.837. The summed E-state index contributed by atoms with van der Waals surface area (Å²) >= 11 is 0. The molecule has 0 saturated heterocycles. The number of rotatable bonds is 4. The van der Waals surface area contributed by atoms with Crippen LogP contribution in [0.25, 0.3) is 21.5 Å². The molecule has 4 heterocycles. The fourth-order valence-corrected chi connectivity index (χ4v) is 9.03. The van der Waals surface area contributed by atoms with Gasteiger partial charge in [0.15, 0.2) is 12.3 Å². The van der Waals surface area contributed by atoms with Crippen LogP contribution in [0, 0.1) is 5.92 Å². The summed E-state index contributed by atoms with van der Waals surface area (Å²) < 4.78 is 12.2. The quantitative estimate of drug-likeness (QED) is 0.206. The third kappa shape index (κ3) is 4.33. The highest BCUT2D eigenvalue weighted by Gasteiger charge is 2.68. The largest absolute Gasteiger partial charge is 0.447 e. The van der Waals surface area contributed by atoms with E-state index in [9.17, 15) is 0 Å².